The second-order valence-corrected chi connectivity index (χ2v) is 6.91. The number of nitrogens with zero attached hydrogens (tertiary/aromatic N) is 3. The summed E-state index contributed by atoms with van der Waals surface area (Å²) in [5.41, 5.74) is 0.764. The van der Waals surface area contributed by atoms with Gasteiger partial charge in [-0.05, 0) is 43.4 Å². The first-order valence-electron chi connectivity index (χ1n) is 9.11. The van der Waals surface area contributed by atoms with E-state index < -0.39 is 30.7 Å². The first-order valence-corrected chi connectivity index (χ1v) is 9.11. The van der Waals surface area contributed by atoms with E-state index in [2.05, 4.69) is 9.88 Å². The van der Waals surface area contributed by atoms with E-state index in [1.807, 2.05) is 6.07 Å². The van der Waals surface area contributed by atoms with Crippen molar-refractivity contribution in [2.24, 2.45) is 0 Å². The predicted octanol–water partition coefficient (Wildman–Crippen LogP) is 2.64. The average molecular weight is 379 g/mol. The van der Waals surface area contributed by atoms with Gasteiger partial charge in [-0.2, -0.15) is 4.98 Å². The Bertz CT molecular complexity index is 893. The van der Waals surface area contributed by atoms with E-state index in [0.717, 1.165) is 25.2 Å². The van der Waals surface area contributed by atoms with Crippen LogP contribution in [0.25, 0.3) is 0 Å². The minimum Gasteiger partial charge on any atom is -0.485 e. The number of aryl methyl sites for hydroxylation is 2. The van der Waals surface area contributed by atoms with Crippen LogP contribution >= 0.6 is 0 Å². The Kier molecular flexibility index (Phi) is 4.80. The van der Waals surface area contributed by atoms with Crippen LogP contribution in [0.4, 0.5) is 19.0 Å². The molecular formula is C19H20F3N3O2. The van der Waals surface area contributed by atoms with Gasteiger partial charge in [-0.15, -0.1) is 0 Å². The minimum atomic E-state index is -0.861. The fourth-order valence-electron chi connectivity index (χ4n) is 3.92. The third-order valence-electron chi connectivity index (χ3n) is 5.16. The van der Waals surface area contributed by atoms with Crippen molar-refractivity contribution in [3.8, 4) is 5.75 Å². The molecule has 8 heteroatoms. The molecule has 27 heavy (non-hydrogen) atoms. The maximum absolute atomic E-state index is 14.0. The molecule has 4 rings (SSSR count). The van der Waals surface area contributed by atoms with Crippen LogP contribution in [0, 0.1) is 11.6 Å². The highest BCUT2D eigenvalue weighted by Crippen LogP contribution is 2.32. The largest absolute Gasteiger partial charge is 0.485 e. The van der Waals surface area contributed by atoms with Gasteiger partial charge in [0.2, 0.25) is 0 Å². The van der Waals surface area contributed by atoms with E-state index in [1.165, 1.54) is 12.1 Å². The number of aromatic nitrogens is 2. The van der Waals surface area contributed by atoms with Crippen LogP contribution in [0.3, 0.4) is 0 Å². The molecule has 0 saturated carbocycles. The van der Waals surface area contributed by atoms with E-state index in [4.69, 9.17) is 4.74 Å². The third-order valence-corrected chi connectivity index (χ3v) is 5.16. The molecule has 5 nitrogen and oxygen atoms in total. The first-order chi connectivity index (χ1) is 13.1. The van der Waals surface area contributed by atoms with Crippen molar-refractivity contribution in [2.45, 2.75) is 38.3 Å². The maximum atomic E-state index is 14.0. The Morgan fingerprint density at radius 1 is 1.19 bits per heavy atom. The lowest BCUT2D eigenvalue weighted by Gasteiger charge is -2.17. The van der Waals surface area contributed by atoms with E-state index in [9.17, 15) is 18.0 Å². The first kappa shape index (κ1) is 17.9. The summed E-state index contributed by atoms with van der Waals surface area (Å²) < 4.78 is 46.6. The van der Waals surface area contributed by atoms with Crippen LogP contribution in [0.1, 0.15) is 24.1 Å². The number of hydrogen-bond acceptors (Lipinski definition) is 4. The summed E-state index contributed by atoms with van der Waals surface area (Å²) in [6.45, 7) is 0.397. The standard InChI is InChI=1S/C19H20F3N3O2/c20-5-7-27-18-15(21)8-12(9-16(18)22)3-4-13-10-17-24-6-1-2-14(24)11-25(17)19(26)23-13/h8-10,14H,1-7,11H2. The molecule has 1 unspecified atom stereocenters. The summed E-state index contributed by atoms with van der Waals surface area (Å²) in [4.78, 5) is 18.6. The van der Waals surface area contributed by atoms with Crippen LogP contribution in [0.15, 0.2) is 23.0 Å². The topological polar surface area (TPSA) is 47.4 Å². The summed E-state index contributed by atoms with van der Waals surface area (Å²) in [6.07, 6.45) is 2.92. The normalized spacial score (nSPS) is 17.9. The minimum absolute atomic E-state index is 0.274. The smallest absolute Gasteiger partial charge is 0.349 e. The fourth-order valence-corrected chi connectivity index (χ4v) is 3.92. The molecule has 1 aromatic heterocycles. The van der Waals surface area contributed by atoms with Crippen molar-refractivity contribution >= 4 is 5.82 Å². The average Bonchev–Trinajstić information content (AvgIpc) is 3.22. The Hall–Kier alpha value is -2.51. The van der Waals surface area contributed by atoms with Crippen LogP contribution in [0.5, 0.6) is 5.75 Å². The molecular weight excluding hydrogens is 359 g/mol. The highest BCUT2D eigenvalue weighted by atomic mass is 19.1. The fraction of sp³-hybridized carbons (Fsp3) is 0.474. The lowest BCUT2D eigenvalue weighted by molar-refractivity contribution is 0.251. The van der Waals surface area contributed by atoms with Crippen molar-refractivity contribution in [3.63, 3.8) is 0 Å². The molecule has 0 aliphatic carbocycles. The van der Waals surface area contributed by atoms with Crippen molar-refractivity contribution in [1.29, 1.82) is 0 Å². The summed E-state index contributed by atoms with van der Waals surface area (Å²) in [6, 6.07) is 4.62. The number of benzene rings is 1. The van der Waals surface area contributed by atoms with Gasteiger partial charge in [0.05, 0.1) is 5.69 Å². The highest BCUT2D eigenvalue weighted by molar-refractivity contribution is 5.46. The zero-order valence-corrected chi connectivity index (χ0v) is 14.8. The van der Waals surface area contributed by atoms with E-state index in [-0.39, 0.29) is 5.69 Å². The molecule has 1 atom stereocenters. The van der Waals surface area contributed by atoms with E-state index in [0.29, 0.717) is 36.7 Å². The molecule has 0 amide bonds. The number of rotatable bonds is 6. The van der Waals surface area contributed by atoms with Gasteiger partial charge in [0.15, 0.2) is 17.4 Å². The molecule has 3 heterocycles. The van der Waals surface area contributed by atoms with Crippen LogP contribution in [0.2, 0.25) is 0 Å². The zero-order valence-electron chi connectivity index (χ0n) is 14.8. The Balaban J connectivity index is 1.51. The van der Waals surface area contributed by atoms with Gasteiger partial charge < -0.3 is 9.64 Å². The van der Waals surface area contributed by atoms with Crippen LogP contribution < -0.4 is 15.3 Å². The predicted molar refractivity (Wildman–Crippen MR) is 94.1 cm³/mol. The molecule has 1 aromatic carbocycles. The van der Waals surface area contributed by atoms with Gasteiger partial charge in [0, 0.05) is 25.2 Å². The van der Waals surface area contributed by atoms with Crippen LogP contribution in [-0.2, 0) is 19.4 Å². The van der Waals surface area contributed by atoms with Crippen molar-refractivity contribution in [1.82, 2.24) is 9.55 Å². The van der Waals surface area contributed by atoms with Gasteiger partial charge in [0.25, 0.3) is 0 Å². The molecule has 2 aromatic rings. The summed E-state index contributed by atoms with van der Waals surface area (Å²) >= 11 is 0. The second-order valence-electron chi connectivity index (χ2n) is 6.91. The number of anilines is 1. The number of fused-ring (bicyclic) bond motifs is 3. The molecule has 0 spiro atoms. The van der Waals surface area contributed by atoms with Crippen molar-refractivity contribution < 1.29 is 17.9 Å². The molecule has 0 N–H and O–H groups in total. The SMILES string of the molecule is O=c1nc(CCc2cc(F)c(OCCF)c(F)c2)cc2n1CC1CCCN21. The quantitative estimate of drug-likeness (QED) is 0.774. The van der Waals surface area contributed by atoms with Crippen molar-refractivity contribution in [2.75, 3.05) is 24.7 Å². The molecule has 1 saturated heterocycles. The van der Waals surface area contributed by atoms with E-state index in [1.54, 1.807) is 4.57 Å². The van der Waals surface area contributed by atoms with Gasteiger partial charge in [-0.1, -0.05) is 0 Å². The molecule has 0 radical (unpaired) electrons. The van der Waals surface area contributed by atoms with E-state index >= 15 is 0 Å². The summed E-state index contributed by atoms with van der Waals surface area (Å²) in [7, 11) is 0. The number of ether oxygens (including phenoxy) is 1. The number of halogens is 3. The Morgan fingerprint density at radius 3 is 2.70 bits per heavy atom. The lowest BCUT2D eigenvalue weighted by atomic mass is 10.1. The Labute approximate surface area is 154 Å². The number of alkyl halides is 1. The van der Waals surface area contributed by atoms with Gasteiger partial charge in [0.1, 0.15) is 19.1 Å². The molecule has 2 aliphatic rings. The summed E-state index contributed by atoms with van der Waals surface area (Å²) in [5.74, 6) is -1.40. The lowest BCUT2D eigenvalue weighted by Crippen LogP contribution is -2.24. The van der Waals surface area contributed by atoms with Gasteiger partial charge >= 0.3 is 5.69 Å². The van der Waals surface area contributed by atoms with Gasteiger partial charge in [-0.3, -0.25) is 4.57 Å². The molecule has 0 bridgehead atoms. The Morgan fingerprint density at radius 2 is 1.96 bits per heavy atom. The third kappa shape index (κ3) is 3.40. The highest BCUT2D eigenvalue weighted by Gasteiger charge is 2.34. The number of hydrogen-bond donors (Lipinski definition) is 0. The maximum Gasteiger partial charge on any atom is 0.349 e. The zero-order chi connectivity index (χ0) is 19.0. The molecule has 144 valence electrons. The summed E-state index contributed by atoms with van der Waals surface area (Å²) in [5, 5.41) is 0. The van der Waals surface area contributed by atoms with Crippen molar-refractivity contribution in [3.05, 3.63) is 51.6 Å². The van der Waals surface area contributed by atoms with Gasteiger partial charge in [-0.25, -0.2) is 18.0 Å². The monoisotopic (exact) mass is 379 g/mol. The second kappa shape index (κ2) is 7.25. The van der Waals surface area contributed by atoms with Crippen LogP contribution in [-0.4, -0.2) is 35.4 Å². The molecule has 1 fully saturated rings. The molecule has 2 aliphatic heterocycles.